The molecule has 8 heteroatoms. The highest BCUT2D eigenvalue weighted by atomic mass is 19.3. The van der Waals surface area contributed by atoms with Crippen LogP contribution in [0, 0.1) is 5.92 Å². The number of rotatable bonds is 8. The van der Waals surface area contributed by atoms with Crippen molar-refractivity contribution in [2.75, 3.05) is 19.8 Å². The maximum atomic E-state index is 12.4. The molecule has 1 unspecified atom stereocenters. The van der Waals surface area contributed by atoms with Gasteiger partial charge in [0, 0.05) is 19.8 Å². The Bertz CT molecular complexity index is 566. The molecule has 0 saturated carbocycles. The van der Waals surface area contributed by atoms with Gasteiger partial charge in [-0.25, -0.2) is 0 Å². The zero-order chi connectivity index (χ0) is 18.2. The summed E-state index contributed by atoms with van der Waals surface area (Å²) in [7, 11) is 0. The predicted octanol–water partition coefficient (Wildman–Crippen LogP) is 2.06. The number of hydrogen-bond acceptors (Lipinski definition) is 5. The van der Waals surface area contributed by atoms with Crippen molar-refractivity contribution in [3.8, 4) is 11.5 Å². The molecule has 0 bridgehead atoms. The van der Waals surface area contributed by atoms with Crippen LogP contribution < -0.4 is 20.5 Å². The fraction of sp³-hybridized carbons (Fsp3) is 0.588. The smallest absolute Gasteiger partial charge is 0.387 e. The van der Waals surface area contributed by atoms with Crippen LogP contribution in [0.2, 0.25) is 0 Å². The number of carbonyl (C=O) groups is 1. The van der Waals surface area contributed by atoms with E-state index in [-0.39, 0.29) is 29.9 Å². The standard InChI is InChI=1S/C17H24F2N2O4/c1-2-24-14-9-11(3-4-13(14)25-17(18)19)10-21-16(22)15(20)12-5-7-23-8-6-12/h3-4,9,12,15,17H,2,5-8,10,20H2,1H3,(H,21,22). The monoisotopic (exact) mass is 358 g/mol. The minimum Gasteiger partial charge on any atom is -0.490 e. The average molecular weight is 358 g/mol. The Kier molecular flexibility index (Phi) is 7.39. The maximum Gasteiger partial charge on any atom is 0.387 e. The molecule has 0 aromatic heterocycles. The van der Waals surface area contributed by atoms with Gasteiger partial charge in [-0.1, -0.05) is 6.07 Å². The molecule has 0 aliphatic carbocycles. The minimum absolute atomic E-state index is 0.0363. The van der Waals surface area contributed by atoms with Crippen molar-refractivity contribution in [2.24, 2.45) is 11.7 Å². The molecule has 1 aliphatic heterocycles. The molecule has 1 saturated heterocycles. The van der Waals surface area contributed by atoms with E-state index in [2.05, 4.69) is 10.1 Å². The lowest BCUT2D eigenvalue weighted by Crippen LogP contribution is -2.46. The molecular formula is C17H24F2N2O4. The second-order valence-corrected chi connectivity index (χ2v) is 5.79. The van der Waals surface area contributed by atoms with Crippen LogP contribution in [0.1, 0.15) is 25.3 Å². The summed E-state index contributed by atoms with van der Waals surface area (Å²) < 4.78 is 39.8. The van der Waals surface area contributed by atoms with Crippen LogP contribution in [0.5, 0.6) is 11.5 Å². The number of ether oxygens (including phenoxy) is 3. The maximum absolute atomic E-state index is 12.4. The first-order valence-electron chi connectivity index (χ1n) is 8.32. The summed E-state index contributed by atoms with van der Waals surface area (Å²) in [5.41, 5.74) is 6.72. The summed E-state index contributed by atoms with van der Waals surface area (Å²) in [5.74, 6) is 0.0430. The fourth-order valence-electron chi connectivity index (χ4n) is 2.72. The Hall–Kier alpha value is -1.93. The summed E-state index contributed by atoms with van der Waals surface area (Å²) >= 11 is 0. The van der Waals surface area contributed by atoms with Crippen molar-refractivity contribution >= 4 is 5.91 Å². The summed E-state index contributed by atoms with van der Waals surface area (Å²) in [6.07, 6.45) is 1.53. The first-order chi connectivity index (χ1) is 12.0. The van der Waals surface area contributed by atoms with Gasteiger partial charge in [0.1, 0.15) is 0 Å². The Morgan fingerprint density at radius 3 is 2.72 bits per heavy atom. The van der Waals surface area contributed by atoms with E-state index < -0.39 is 12.7 Å². The summed E-state index contributed by atoms with van der Waals surface area (Å²) in [4.78, 5) is 12.2. The van der Waals surface area contributed by atoms with Gasteiger partial charge in [-0.05, 0) is 43.4 Å². The van der Waals surface area contributed by atoms with Gasteiger partial charge < -0.3 is 25.3 Å². The van der Waals surface area contributed by atoms with Gasteiger partial charge in [-0.2, -0.15) is 8.78 Å². The molecule has 3 N–H and O–H groups in total. The third-order valence-electron chi connectivity index (χ3n) is 4.07. The van der Waals surface area contributed by atoms with Gasteiger partial charge in [0.2, 0.25) is 5.91 Å². The molecule has 1 aliphatic rings. The Labute approximate surface area is 145 Å². The van der Waals surface area contributed by atoms with Crippen LogP contribution >= 0.6 is 0 Å². The van der Waals surface area contributed by atoms with E-state index in [0.717, 1.165) is 12.8 Å². The molecule has 6 nitrogen and oxygen atoms in total. The minimum atomic E-state index is -2.93. The third-order valence-corrected chi connectivity index (χ3v) is 4.07. The third kappa shape index (κ3) is 5.82. The van der Waals surface area contributed by atoms with Crippen molar-refractivity contribution in [3.63, 3.8) is 0 Å². The van der Waals surface area contributed by atoms with Crippen LogP contribution in [0.3, 0.4) is 0 Å². The number of hydrogen-bond donors (Lipinski definition) is 2. The van der Waals surface area contributed by atoms with E-state index in [4.69, 9.17) is 15.2 Å². The number of halogens is 2. The van der Waals surface area contributed by atoms with E-state index in [1.54, 1.807) is 19.1 Å². The molecule has 140 valence electrons. The molecule has 0 radical (unpaired) electrons. The second kappa shape index (κ2) is 9.53. The Balaban J connectivity index is 1.94. The summed E-state index contributed by atoms with van der Waals surface area (Å²) in [6.45, 7) is 0.592. The Morgan fingerprint density at radius 2 is 2.08 bits per heavy atom. The molecule has 0 spiro atoms. The first kappa shape index (κ1) is 19.4. The van der Waals surface area contributed by atoms with Crippen LogP contribution in [-0.2, 0) is 16.1 Å². The molecule has 1 heterocycles. The number of alkyl halides is 2. The number of carbonyl (C=O) groups excluding carboxylic acids is 1. The van der Waals surface area contributed by atoms with Gasteiger partial charge in [-0.15, -0.1) is 0 Å². The van der Waals surface area contributed by atoms with E-state index >= 15 is 0 Å². The van der Waals surface area contributed by atoms with E-state index in [1.165, 1.54) is 6.07 Å². The van der Waals surface area contributed by atoms with Gasteiger partial charge >= 0.3 is 6.61 Å². The lowest BCUT2D eigenvalue weighted by molar-refractivity contribution is -0.124. The Morgan fingerprint density at radius 1 is 1.36 bits per heavy atom. The summed E-state index contributed by atoms with van der Waals surface area (Å²) in [6, 6.07) is 3.98. The number of amides is 1. The summed E-state index contributed by atoms with van der Waals surface area (Å²) in [5, 5.41) is 2.78. The van der Waals surface area contributed by atoms with E-state index in [1.807, 2.05) is 0 Å². The molecule has 1 amide bonds. The number of benzene rings is 1. The molecule has 2 rings (SSSR count). The zero-order valence-corrected chi connectivity index (χ0v) is 14.2. The van der Waals surface area contributed by atoms with Gasteiger partial charge in [0.15, 0.2) is 11.5 Å². The average Bonchev–Trinajstić information content (AvgIpc) is 2.61. The van der Waals surface area contributed by atoms with Crippen molar-refractivity contribution in [1.29, 1.82) is 0 Å². The number of nitrogens with one attached hydrogen (secondary N) is 1. The lowest BCUT2D eigenvalue weighted by Gasteiger charge is -2.26. The molecule has 1 aromatic rings. The van der Waals surface area contributed by atoms with Gasteiger partial charge in [0.25, 0.3) is 0 Å². The zero-order valence-electron chi connectivity index (χ0n) is 14.2. The topological polar surface area (TPSA) is 82.8 Å². The molecule has 1 fully saturated rings. The highest BCUT2D eigenvalue weighted by Gasteiger charge is 2.26. The molecule has 25 heavy (non-hydrogen) atoms. The van der Waals surface area contributed by atoms with Crippen molar-refractivity contribution in [1.82, 2.24) is 5.32 Å². The quantitative estimate of drug-likeness (QED) is 0.743. The van der Waals surface area contributed by atoms with E-state index in [9.17, 15) is 13.6 Å². The lowest BCUT2D eigenvalue weighted by atomic mass is 9.92. The van der Waals surface area contributed by atoms with Crippen LogP contribution in [0.25, 0.3) is 0 Å². The van der Waals surface area contributed by atoms with Crippen LogP contribution in [0.4, 0.5) is 8.78 Å². The highest BCUT2D eigenvalue weighted by molar-refractivity contribution is 5.81. The van der Waals surface area contributed by atoms with Crippen LogP contribution in [0.15, 0.2) is 18.2 Å². The molecule has 1 aromatic carbocycles. The van der Waals surface area contributed by atoms with Gasteiger partial charge in [-0.3, -0.25) is 4.79 Å². The fourth-order valence-corrected chi connectivity index (χ4v) is 2.72. The van der Waals surface area contributed by atoms with Gasteiger partial charge in [0.05, 0.1) is 12.6 Å². The van der Waals surface area contributed by atoms with Crippen molar-refractivity contribution in [2.45, 2.75) is 39.0 Å². The SMILES string of the molecule is CCOc1cc(CNC(=O)C(N)C2CCOCC2)ccc1OC(F)F. The van der Waals surface area contributed by atoms with E-state index in [0.29, 0.717) is 25.4 Å². The highest BCUT2D eigenvalue weighted by Crippen LogP contribution is 2.30. The molecular weight excluding hydrogens is 334 g/mol. The second-order valence-electron chi connectivity index (χ2n) is 5.79. The van der Waals surface area contributed by atoms with Crippen molar-refractivity contribution in [3.05, 3.63) is 23.8 Å². The predicted molar refractivity (Wildman–Crippen MR) is 87.6 cm³/mol. The molecule has 1 atom stereocenters. The number of nitrogens with two attached hydrogens (primary N) is 1. The van der Waals surface area contributed by atoms with Crippen LogP contribution in [-0.4, -0.2) is 38.4 Å². The largest absolute Gasteiger partial charge is 0.490 e. The first-order valence-corrected chi connectivity index (χ1v) is 8.32. The normalized spacial score (nSPS) is 16.5. The van der Waals surface area contributed by atoms with Crippen molar-refractivity contribution < 1.29 is 27.8 Å².